The third-order valence-electron chi connectivity index (χ3n) is 9.87. The fourth-order valence-electron chi connectivity index (χ4n) is 7.59. The van der Waals surface area contributed by atoms with Gasteiger partial charge in [0.05, 0.1) is 0 Å². The first-order chi connectivity index (χ1) is 24.5. The summed E-state index contributed by atoms with van der Waals surface area (Å²) in [7, 11) is 0. The van der Waals surface area contributed by atoms with Crippen LogP contribution in [0, 0.1) is 0 Å². The quantitative estimate of drug-likeness (QED) is 0.153. The summed E-state index contributed by atoms with van der Waals surface area (Å²) in [4.78, 5) is 0. The van der Waals surface area contributed by atoms with Gasteiger partial charge in [-0.15, -0.1) is 0 Å². The zero-order chi connectivity index (χ0) is 33.9. The highest BCUT2D eigenvalue weighted by atomic mass is 16.3. The third-order valence-corrected chi connectivity index (χ3v) is 9.87. The molecule has 0 amide bonds. The van der Waals surface area contributed by atoms with Gasteiger partial charge in [0, 0.05) is 33.4 Å². The number of aromatic hydroxyl groups is 4. The molecule has 0 aliphatic heterocycles. The zero-order valence-corrected chi connectivity index (χ0v) is 26.8. The van der Waals surface area contributed by atoms with Crippen molar-refractivity contribution in [1.82, 2.24) is 0 Å². The van der Waals surface area contributed by atoms with Gasteiger partial charge in [0.2, 0.25) is 0 Å². The summed E-state index contributed by atoms with van der Waals surface area (Å²) in [6, 6.07) is 50.1. The normalized spacial score (nSPS) is 11.5. The van der Waals surface area contributed by atoms with Crippen molar-refractivity contribution < 1.29 is 20.4 Å². The van der Waals surface area contributed by atoms with Crippen LogP contribution >= 0.6 is 0 Å². The van der Waals surface area contributed by atoms with Crippen molar-refractivity contribution in [2.45, 2.75) is 0 Å². The van der Waals surface area contributed by atoms with Crippen LogP contribution in [0.3, 0.4) is 0 Å². The highest BCUT2D eigenvalue weighted by Crippen LogP contribution is 2.53. The van der Waals surface area contributed by atoms with Gasteiger partial charge in [-0.25, -0.2) is 0 Å². The van der Waals surface area contributed by atoms with Crippen LogP contribution in [0.1, 0.15) is 0 Å². The summed E-state index contributed by atoms with van der Waals surface area (Å²) in [5.74, 6) is 0.188. The SMILES string of the molecule is Oc1ccc2ccccc2c1-c1c(O)c(-c2ccccc2-c2cc3ccccc3c(-c3c(O)ccc4ccccc34)c2O)cc2ccccc12. The minimum atomic E-state index is 0.0232. The van der Waals surface area contributed by atoms with E-state index >= 15 is 0 Å². The van der Waals surface area contributed by atoms with E-state index in [9.17, 15) is 20.4 Å². The number of hydrogen-bond acceptors (Lipinski definition) is 4. The molecule has 0 unspecified atom stereocenters. The molecular weight excluding hydrogens is 617 g/mol. The lowest BCUT2D eigenvalue weighted by Gasteiger charge is -2.21. The van der Waals surface area contributed by atoms with Crippen molar-refractivity contribution in [3.63, 3.8) is 0 Å². The van der Waals surface area contributed by atoms with Crippen molar-refractivity contribution in [1.29, 1.82) is 0 Å². The van der Waals surface area contributed by atoms with Crippen molar-refractivity contribution in [2.75, 3.05) is 0 Å². The molecule has 9 rings (SSSR count). The lowest BCUT2D eigenvalue weighted by atomic mass is 9.84. The molecule has 0 aromatic heterocycles. The molecule has 9 aromatic carbocycles. The second kappa shape index (κ2) is 11.4. The third kappa shape index (κ3) is 4.46. The van der Waals surface area contributed by atoms with Crippen LogP contribution in [-0.2, 0) is 0 Å². The number of benzene rings is 9. The van der Waals surface area contributed by atoms with E-state index in [2.05, 4.69) is 0 Å². The first kappa shape index (κ1) is 29.4. The second-order valence-electron chi connectivity index (χ2n) is 12.6. The summed E-state index contributed by atoms with van der Waals surface area (Å²) < 4.78 is 0. The molecule has 9 aromatic rings. The van der Waals surface area contributed by atoms with Gasteiger partial charge in [-0.1, -0.05) is 133 Å². The fraction of sp³-hybridized carbons (Fsp3) is 0. The standard InChI is InChI=1S/C46H30O4/c47-39-23-21-27-11-1-5-15-31(27)41(39)43-33-17-7-3-13-29(33)25-37(45(43)49)35-19-9-10-20-36(35)38-26-30-14-4-8-18-34(30)44(46(38)50)42-32-16-6-2-12-28(32)22-24-40(42)48/h1-26,47-50H. The van der Waals surface area contributed by atoms with Gasteiger partial charge in [-0.2, -0.15) is 0 Å². The lowest BCUT2D eigenvalue weighted by molar-refractivity contribution is 0.471. The van der Waals surface area contributed by atoms with E-state index in [0.29, 0.717) is 44.5 Å². The first-order valence-corrected chi connectivity index (χ1v) is 16.5. The number of rotatable bonds is 4. The molecule has 0 aliphatic rings. The minimum absolute atomic E-state index is 0.0232. The Labute approximate surface area is 288 Å². The number of fused-ring (bicyclic) bond motifs is 4. The Morgan fingerprint density at radius 2 is 0.580 bits per heavy atom. The van der Waals surface area contributed by atoms with Crippen molar-refractivity contribution >= 4 is 43.1 Å². The van der Waals surface area contributed by atoms with E-state index in [1.54, 1.807) is 12.1 Å². The molecule has 0 radical (unpaired) electrons. The van der Waals surface area contributed by atoms with E-state index in [-0.39, 0.29) is 23.0 Å². The van der Waals surface area contributed by atoms with E-state index in [1.165, 1.54) is 0 Å². The largest absolute Gasteiger partial charge is 0.507 e. The van der Waals surface area contributed by atoms with Crippen LogP contribution in [0.5, 0.6) is 23.0 Å². The van der Waals surface area contributed by atoms with E-state index < -0.39 is 0 Å². The van der Waals surface area contributed by atoms with Gasteiger partial charge < -0.3 is 20.4 Å². The number of hydrogen-bond donors (Lipinski definition) is 4. The number of phenols is 4. The molecule has 0 saturated heterocycles. The van der Waals surface area contributed by atoms with Gasteiger partial charge in [-0.3, -0.25) is 0 Å². The molecule has 50 heavy (non-hydrogen) atoms. The highest BCUT2D eigenvalue weighted by Gasteiger charge is 2.25. The monoisotopic (exact) mass is 646 g/mol. The van der Waals surface area contributed by atoms with Crippen LogP contribution in [0.4, 0.5) is 0 Å². The predicted molar refractivity (Wildman–Crippen MR) is 205 cm³/mol. The van der Waals surface area contributed by atoms with Crippen molar-refractivity contribution in [3.8, 4) is 67.5 Å². The Balaban J connectivity index is 1.36. The van der Waals surface area contributed by atoms with E-state index in [0.717, 1.165) is 43.1 Å². The van der Waals surface area contributed by atoms with Gasteiger partial charge >= 0.3 is 0 Å². The molecular formula is C46H30O4. The van der Waals surface area contributed by atoms with Crippen LogP contribution in [0.25, 0.3) is 87.6 Å². The summed E-state index contributed by atoms with van der Waals surface area (Å²) >= 11 is 0. The molecule has 0 saturated carbocycles. The maximum Gasteiger partial charge on any atom is 0.132 e. The summed E-state index contributed by atoms with van der Waals surface area (Å²) in [6.07, 6.45) is 0. The highest BCUT2D eigenvalue weighted by molar-refractivity contribution is 6.15. The van der Waals surface area contributed by atoms with Gasteiger partial charge in [0.25, 0.3) is 0 Å². The summed E-state index contributed by atoms with van der Waals surface area (Å²) in [5, 5.41) is 54.4. The predicted octanol–water partition coefficient (Wildman–Crippen LogP) is 11.8. The Kier molecular flexibility index (Phi) is 6.71. The molecule has 0 aliphatic carbocycles. The summed E-state index contributed by atoms with van der Waals surface area (Å²) in [5.41, 5.74) is 4.70. The van der Waals surface area contributed by atoms with E-state index in [4.69, 9.17) is 0 Å². The molecule has 238 valence electrons. The van der Waals surface area contributed by atoms with Crippen LogP contribution in [0.15, 0.2) is 158 Å². The molecule has 0 spiro atoms. The second-order valence-corrected chi connectivity index (χ2v) is 12.6. The summed E-state index contributed by atoms with van der Waals surface area (Å²) in [6.45, 7) is 0. The van der Waals surface area contributed by atoms with E-state index in [1.807, 2.05) is 146 Å². The van der Waals surface area contributed by atoms with Gasteiger partial charge in [-0.05, 0) is 78.5 Å². The molecule has 4 N–H and O–H groups in total. The maximum absolute atomic E-state index is 12.4. The Bertz CT molecular complexity index is 2620. The maximum atomic E-state index is 12.4. The molecule has 4 nitrogen and oxygen atoms in total. The average Bonchev–Trinajstić information content (AvgIpc) is 3.15. The van der Waals surface area contributed by atoms with Crippen LogP contribution in [-0.4, -0.2) is 20.4 Å². The topological polar surface area (TPSA) is 80.9 Å². The fourth-order valence-corrected chi connectivity index (χ4v) is 7.59. The molecule has 0 atom stereocenters. The zero-order valence-electron chi connectivity index (χ0n) is 26.8. The molecule has 0 bridgehead atoms. The molecule has 0 heterocycles. The van der Waals surface area contributed by atoms with Gasteiger partial charge in [0.15, 0.2) is 0 Å². The first-order valence-electron chi connectivity index (χ1n) is 16.5. The smallest absolute Gasteiger partial charge is 0.132 e. The Hall–Kier alpha value is -6.78. The average molecular weight is 647 g/mol. The molecule has 4 heteroatoms. The van der Waals surface area contributed by atoms with Crippen LogP contribution < -0.4 is 0 Å². The Morgan fingerprint density at radius 1 is 0.260 bits per heavy atom. The van der Waals surface area contributed by atoms with Crippen molar-refractivity contribution in [3.05, 3.63) is 158 Å². The van der Waals surface area contributed by atoms with Crippen molar-refractivity contribution in [2.24, 2.45) is 0 Å². The van der Waals surface area contributed by atoms with Gasteiger partial charge in [0.1, 0.15) is 23.0 Å². The Morgan fingerprint density at radius 3 is 0.980 bits per heavy atom. The number of phenolic OH excluding ortho intramolecular Hbond substituents is 4. The minimum Gasteiger partial charge on any atom is -0.507 e. The lowest BCUT2D eigenvalue weighted by Crippen LogP contribution is -1.93. The van der Waals surface area contributed by atoms with Crippen LogP contribution in [0.2, 0.25) is 0 Å². The molecule has 0 fully saturated rings.